The first kappa shape index (κ1) is 11.3. The molecule has 0 saturated heterocycles. The van der Waals surface area contributed by atoms with Gasteiger partial charge in [-0.05, 0) is 38.1 Å². The Kier molecular flexibility index (Phi) is 2.91. The lowest BCUT2D eigenvalue weighted by atomic mass is 10.0. The summed E-state index contributed by atoms with van der Waals surface area (Å²) in [4.78, 5) is 16.3. The van der Waals surface area contributed by atoms with Crippen LogP contribution in [0.25, 0.3) is 0 Å². The number of nitrogen functional groups attached to an aromatic ring is 1. The van der Waals surface area contributed by atoms with E-state index >= 15 is 0 Å². The molecular formula is C14H14N2O. The van der Waals surface area contributed by atoms with Gasteiger partial charge in [0, 0.05) is 28.7 Å². The fraction of sp³-hybridized carbons (Fsp3) is 0.143. The van der Waals surface area contributed by atoms with E-state index < -0.39 is 0 Å². The summed E-state index contributed by atoms with van der Waals surface area (Å²) >= 11 is 0. The first-order chi connectivity index (χ1) is 8.08. The molecule has 3 nitrogen and oxygen atoms in total. The Morgan fingerprint density at radius 3 is 2.59 bits per heavy atom. The SMILES string of the molecule is Cc1ccc(N)c(C(=O)c2ccc(C)nc2)c1. The van der Waals surface area contributed by atoms with Crippen LogP contribution in [0.1, 0.15) is 27.2 Å². The maximum absolute atomic E-state index is 12.2. The molecule has 2 aromatic rings. The van der Waals surface area contributed by atoms with E-state index in [2.05, 4.69) is 4.98 Å². The van der Waals surface area contributed by atoms with Crippen molar-refractivity contribution in [2.24, 2.45) is 0 Å². The molecule has 0 saturated carbocycles. The van der Waals surface area contributed by atoms with Gasteiger partial charge in [0.2, 0.25) is 0 Å². The van der Waals surface area contributed by atoms with Gasteiger partial charge in [-0.15, -0.1) is 0 Å². The van der Waals surface area contributed by atoms with E-state index in [1.54, 1.807) is 24.4 Å². The van der Waals surface area contributed by atoms with E-state index in [-0.39, 0.29) is 5.78 Å². The van der Waals surface area contributed by atoms with Gasteiger partial charge in [-0.25, -0.2) is 0 Å². The number of anilines is 1. The summed E-state index contributed by atoms with van der Waals surface area (Å²) in [6, 6.07) is 9.03. The molecule has 0 spiro atoms. The van der Waals surface area contributed by atoms with Crippen molar-refractivity contribution < 1.29 is 4.79 Å². The zero-order chi connectivity index (χ0) is 12.4. The molecule has 86 valence electrons. The number of aromatic nitrogens is 1. The third kappa shape index (κ3) is 2.33. The van der Waals surface area contributed by atoms with Crippen molar-refractivity contribution in [1.82, 2.24) is 4.98 Å². The number of ketones is 1. The Hall–Kier alpha value is -2.16. The topological polar surface area (TPSA) is 56.0 Å². The molecule has 17 heavy (non-hydrogen) atoms. The molecule has 2 N–H and O–H groups in total. The Morgan fingerprint density at radius 1 is 1.18 bits per heavy atom. The van der Waals surface area contributed by atoms with Crippen LogP contribution in [0.15, 0.2) is 36.5 Å². The Labute approximate surface area is 100 Å². The number of carbonyl (C=O) groups is 1. The third-order valence-corrected chi connectivity index (χ3v) is 2.63. The quantitative estimate of drug-likeness (QED) is 0.632. The van der Waals surface area contributed by atoms with E-state index in [1.165, 1.54) is 0 Å². The third-order valence-electron chi connectivity index (χ3n) is 2.63. The molecule has 1 aromatic heterocycles. The summed E-state index contributed by atoms with van der Waals surface area (Å²) in [7, 11) is 0. The van der Waals surface area contributed by atoms with Crippen molar-refractivity contribution in [3.63, 3.8) is 0 Å². The van der Waals surface area contributed by atoms with E-state index in [4.69, 9.17) is 5.73 Å². The molecule has 3 heteroatoms. The van der Waals surface area contributed by atoms with E-state index in [1.807, 2.05) is 26.0 Å². The maximum Gasteiger partial charge on any atom is 0.196 e. The van der Waals surface area contributed by atoms with Gasteiger partial charge in [0.1, 0.15) is 0 Å². The van der Waals surface area contributed by atoms with Crippen LogP contribution in [-0.2, 0) is 0 Å². The second-order valence-electron chi connectivity index (χ2n) is 4.11. The highest BCUT2D eigenvalue weighted by atomic mass is 16.1. The summed E-state index contributed by atoms with van der Waals surface area (Å²) in [5.74, 6) is -0.0845. The average molecular weight is 226 g/mol. The monoisotopic (exact) mass is 226 g/mol. The highest BCUT2D eigenvalue weighted by Gasteiger charge is 2.12. The zero-order valence-electron chi connectivity index (χ0n) is 9.90. The number of carbonyl (C=O) groups excluding carboxylic acids is 1. The summed E-state index contributed by atoms with van der Waals surface area (Å²) in [6.07, 6.45) is 1.58. The number of nitrogens with zero attached hydrogens (tertiary/aromatic N) is 1. The molecule has 1 heterocycles. The largest absolute Gasteiger partial charge is 0.398 e. The Morgan fingerprint density at radius 2 is 1.94 bits per heavy atom. The van der Waals surface area contributed by atoms with Crippen molar-refractivity contribution in [2.75, 3.05) is 5.73 Å². The number of rotatable bonds is 2. The van der Waals surface area contributed by atoms with Crippen LogP contribution in [0.3, 0.4) is 0 Å². The molecule has 0 bridgehead atoms. The van der Waals surface area contributed by atoms with Crippen molar-refractivity contribution in [1.29, 1.82) is 0 Å². The second kappa shape index (κ2) is 4.37. The minimum Gasteiger partial charge on any atom is -0.398 e. The molecule has 0 aliphatic heterocycles. The Balaban J connectivity index is 2.43. The van der Waals surface area contributed by atoms with Gasteiger partial charge in [0.15, 0.2) is 5.78 Å². The van der Waals surface area contributed by atoms with Crippen molar-refractivity contribution >= 4 is 11.5 Å². The van der Waals surface area contributed by atoms with Gasteiger partial charge in [-0.1, -0.05) is 11.6 Å². The molecule has 0 radical (unpaired) electrons. The second-order valence-corrected chi connectivity index (χ2v) is 4.11. The van der Waals surface area contributed by atoms with Crippen LogP contribution in [0.4, 0.5) is 5.69 Å². The predicted molar refractivity (Wildman–Crippen MR) is 68.0 cm³/mol. The van der Waals surface area contributed by atoms with Gasteiger partial charge in [-0.3, -0.25) is 9.78 Å². The summed E-state index contributed by atoms with van der Waals surface area (Å²) in [6.45, 7) is 3.82. The number of aryl methyl sites for hydroxylation is 2. The van der Waals surface area contributed by atoms with Crippen LogP contribution < -0.4 is 5.73 Å². The smallest absolute Gasteiger partial charge is 0.196 e. The molecular weight excluding hydrogens is 212 g/mol. The number of hydrogen-bond donors (Lipinski definition) is 1. The average Bonchev–Trinajstić information content (AvgIpc) is 2.32. The minimum absolute atomic E-state index is 0.0845. The van der Waals surface area contributed by atoms with Crippen molar-refractivity contribution in [2.45, 2.75) is 13.8 Å². The predicted octanol–water partition coefficient (Wildman–Crippen LogP) is 2.51. The molecule has 0 aliphatic rings. The Bertz CT molecular complexity index is 559. The fourth-order valence-corrected chi connectivity index (χ4v) is 1.62. The minimum atomic E-state index is -0.0845. The summed E-state index contributed by atoms with van der Waals surface area (Å²) in [5.41, 5.74) is 9.32. The van der Waals surface area contributed by atoms with Crippen molar-refractivity contribution in [3.8, 4) is 0 Å². The summed E-state index contributed by atoms with van der Waals surface area (Å²) in [5, 5.41) is 0. The molecule has 0 amide bonds. The number of pyridine rings is 1. The highest BCUT2D eigenvalue weighted by molar-refractivity contribution is 6.12. The zero-order valence-corrected chi connectivity index (χ0v) is 9.90. The molecule has 0 atom stereocenters. The van der Waals surface area contributed by atoms with E-state index in [0.717, 1.165) is 11.3 Å². The van der Waals surface area contributed by atoms with Gasteiger partial charge in [0.25, 0.3) is 0 Å². The first-order valence-electron chi connectivity index (χ1n) is 5.41. The standard InChI is InChI=1S/C14H14N2O/c1-9-3-6-13(15)12(7-9)14(17)11-5-4-10(2)16-8-11/h3-8H,15H2,1-2H3. The van der Waals surface area contributed by atoms with Crippen LogP contribution >= 0.6 is 0 Å². The lowest BCUT2D eigenvalue weighted by Gasteiger charge is -2.06. The van der Waals surface area contributed by atoms with Gasteiger partial charge < -0.3 is 5.73 Å². The molecule has 1 aromatic carbocycles. The highest BCUT2D eigenvalue weighted by Crippen LogP contribution is 2.18. The van der Waals surface area contributed by atoms with Crippen LogP contribution in [-0.4, -0.2) is 10.8 Å². The summed E-state index contributed by atoms with van der Waals surface area (Å²) < 4.78 is 0. The van der Waals surface area contributed by atoms with Gasteiger partial charge >= 0.3 is 0 Å². The normalized spacial score (nSPS) is 10.2. The lowest BCUT2D eigenvalue weighted by Crippen LogP contribution is -2.06. The van der Waals surface area contributed by atoms with Gasteiger partial charge in [0.05, 0.1) is 0 Å². The fourth-order valence-electron chi connectivity index (χ4n) is 1.62. The molecule has 0 unspecified atom stereocenters. The first-order valence-corrected chi connectivity index (χ1v) is 5.41. The number of hydrogen-bond acceptors (Lipinski definition) is 3. The lowest BCUT2D eigenvalue weighted by molar-refractivity contribution is 0.103. The van der Waals surface area contributed by atoms with E-state index in [9.17, 15) is 4.79 Å². The molecule has 0 aliphatic carbocycles. The molecule has 0 fully saturated rings. The van der Waals surface area contributed by atoms with Crippen molar-refractivity contribution in [3.05, 3.63) is 58.9 Å². The van der Waals surface area contributed by atoms with E-state index in [0.29, 0.717) is 16.8 Å². The van der Waals surface area contributed by atoms with Crippen LogP contribution in [0.5, 0.6) is 0 Å². The molecule has 2 rings (SSSR count). The van der Waals surface area contributed by atoms with Crippen LogP contribution in [0.2, 0.25) is 0 Å². The number of benzene rings is 1. The maximum atomic E-state index is 12.2. The van der Waals surface area contributed by atoms with Gasteiger partial charge in [-0.2, -0.15) is 0 Å². The number of nitrogens with two attached hydrogens (primary N) is 1. The van der Waals surface area contributed by atoms with Crippen LogP contribution in [0, 0.1) is 13.8 Å².